The van der Waals surface area contributed by atoms with Crippen molar-refractivity contribution in [2.75, 3.05) is 0 Å². The summed E-state index contributed by atoms with van der Waals surface area (Å²) in [5.74, 6) is -0.217. The summed E-state index contributed by atoms with van der Waals surface area (Å²) < 4.78 is 0.702. The minimum atomic E-state index is -0.217. The van der Waals surface area contributed by atoms with E-state index in [1.165, 1.54) is 0 Å². The van der Waals surface area contributed by atoms with Gasteiger partial charge in [0.15, 0.2) is 0 Å². The van der Waals surface area contributed by atoms with Crippen molar-refractivity contribution >= 4 is 33.4 Å². The van der Waals surface area contributed by atoms with Crippen LogP contribution in [0.5, 0.6) is 0 Å². The highest BCUT2D eigenvalue weighted by atomic mass is 79.9. The number of aromatic amines is 1. The smallest absolute Gasteiger partial charge is 0.253 e. The van der Waals surface area contributed by atoms with Gasteiger partial charge in [0.1, 0.15) is 0 Å². The number of amides is 1. The molecule has 0 aliphatic heterocycles. The van der Waals surface area contributed by atoms with Crippen molar-refractivity contribution in [3.05, 3.63) is 51.5 Å². The van der Waals surface area contributed by atoms with Crippen molar-refractivity contribution in [2.45, 2.75) is 6.54 Å². The molecule has 0 atom stereocenters. The summed E-state index contributed by atoms with van der Waals surface area (Å²) in [6, 6.07) is 5.23. The Bertz CT molecular complexity index is 528. The third-order valence-corrected chi connectivity index (χ3v) is 3.49. The molecule has 2 aromatic rings. The lowest BCUT2D eigenvalue weighted by atomic mass is 10.2. The van der Waals surface area contributed by atoms with Crippen LogP contribution in [0.3, 0.4) is 0 Å². The third-order valence-electron chi connectivity index (χ3n) is 2.19. The monoisotopic (exact) mass is 313 g/mol. The minimum Gasteiger partial charge on any atom is -0.347 e. The zero-order valence-corrected chi connectivity index (χ0v) is 11.0. The molecular weight excluding hydrogens is 305 g/mol. The average molecular weight is 315 g/mol. The van der Waals surface area contributed by atoms with E-state index in [1.807, 2.05) is 0 Å². The number of carbonyl (C=O) groups is 1. The third kappa shape index (κ3) is 2.87. The van der Waals surface area contributed by atoms with Gasteiger partial charge in [-0.2, -0.15) is 0 Å². The first-order valence-corrected chi connectivity index (χ1v) is 6.05. The maximum Gasteiger partial charge on any atom is 0.253 e. The van der Waals surface area contributed by atoms with Crippen molar-refractivity contribution in [1.29, 1.82) is 0 Å². The first-order valence-electron chi connectivity index (χ1n) is 4.88. The van der Waals surface area contributed by atoms with Crippen molar-refractivity contribution in [2.24, 2.45) is 0 Å². The van der Waals surface area contributed by atoms with E-state index in [-0.39, 0.29) is 5.91 Å². The summed E-state index contributed by atoms with van der Waals surface area (Å²) in [5, 5.41) is 3.17. The van der Waals surface area contributed by atoms with E-state index in [1.54, 1.807) is 30.7 Å². The quantitative estimate of drug-likeness (QED) is 0.915. The second kappa shape index (κ2) is 5.33. The van der Waals surface area contributed by atoms with E-state index in [4.69, 9.17) is 11.6 Å². The van der Waals surface area contributed by atoms with E-state index in [2.05, 4.69) is 31.2 Å². The molecule has 0 saturated heterocycles. The molecule has 0 radical (unpaired) electrons. The molecule has 0 aliphatic carbocycles. The van der Waals surface area contributed by atoms with Gasteiger partial charge in [-0.1, -0.05) is 17.7 Å². The summed E-state index contributed by atoms with van der Waals surface area (Å²) in [6.07, 6.45) is 3.22. The summed E-state index contributed by atoms with van der Waals surface area (Å²) in [4.78, 5) is 18.6. The second-order valence-electron chi connectivity index (χ2n) is 3.36. The van der Waals surface area contributed by atoms with Gasteiger partial charge in [-0.15, -0.1) is 0 Å². The van der Waals surface area contributed by atoms with Crippen LogP contribution in [-0.4, -0.2) is 15.9 Å². The molecule has 88 valence electrons. The van der Waals surface area contributed by atoms with Crippen LogP contribution in [0.4, 0.5) is 0 Å². The van der Waals surface area contributed by atoms with Crippen LogP contribution >= 0.6 is 27.5 Å². The van der Waals surface area contributed by atoms with Crippen LogP contribution in [0.1, 0.15) is 16.1 Å². The molecule has 0 saturated carbocycles. The van der Waals surface area contributed by atoms with Crippen molar-refractivity contribution in [3.63, 3.8) is 0 Å². The molecule has 0 aliphatic rings. The van der Waals surface area contributed by atoms with Gasteiger partial charge in [0.2, 0.25) is 0 Å². The Morgan fingerprint density at radius 1 is 1.53 bits per heavy atom. The molecule has 4 nitrogen and oxygen atoms in total. The highest BCUT2D eigenvalue weighted by Gasteiger charge is 2.11. The van der Waals surface area contributed by atoms with Gasteiger partial charge in [-0.05, 0) is 28.1 Å². The molecule has 2 rings (SSSR count). The molecule has 17 heavy (non-hydrogen) atoms. The molecular formula is C11H9BrClN3O. The van der Waals surface area contributed by atoms with Crippen LogP contribution in [0.25, 0.3) is 0 Å². The molecule has 0 unspecified atom stereocenters. The highest BCUT2D eigenvalue weighted by molar-refractivity contribution is 9.10. The van der Waals surface area contributed by atoms with E-state index in [9.17, 15) is 4.79 Å². The predicted octanol–water partition coefficient (Wildman–Crippen LogP) is 2.76. The summed E-state index contributed by atoms with van der Waals surface area (Å²) in [6.45, 7) is 0.391. The average Bonchev–Trinajstić information content (AvgIpc) is 2.82. The zero-order chi connectivity index (χ0) is 12.3. The van der Waals surface area contributed by atoms with Crippen molar-refractivity contribution < 1.29 is 4.79 Å². The summed E-state index contributed by atoms with van der Waals surface area (Å²) in [5.41, 5.74) is 1.28. The lowest BCUT2D eigenvalue weighted by Crippen LogP contribution is -2.23. The Morgan fingerprint density at radius 3 is 3.06 bits per heavy atom. The van der Waals surface area contributed by atoms with Crippen LogP contribution in [0, 0.1) is 0 Å². The number of H-pyrrole nitrogens is 1. The molecule has 0 fully saturated rings. The number of hydrogen-bond donors (Lipinski definition) is 2. The Labute approximate surface area is 112 Å². The number of benzene rings is 1. The normalized spacial score (nSPS) is 10.2. The molecule has 0 spiro atoms. The van der Waals surface area contributed by atoms with E-state index in [0.717, 1.165) is 5.69 Å². The number of nitrogens with zero attached hydrogens (tertiary/aromatic N) is 1. The topological polar surface area (TPSA) is 57.8 Å². The van der Waals surface area contributed by atoms with Gasteiger partial charge in [0.25, 0.3) is 5.91 Å². The van der Waals surface area contributed by atoms with E-state index >= 15 is 0 Å². The van der Waals surface area contributed by atoms with Gasteiger partial charge < -0.3 is 10.3 Å². The largest absolute Gasteiger partial charge is 0.347 e. The lowest BCUT2D eigenvalue weighted by Gasteiger charge is -2.06. The van der Waals surface area contributed by atoms with Crippen LogP contribution < -0.4 is 5.32 Å². The van der Waals surface area contributed by atoms with Gasteiger partial charge in [-0.3, -0.25) is 4.79 Å². The first-order chi connectivity index (χ1) is 8.18. The molecule has 1 amide bonds. The molecule has 6 heteroatoms. The van der Waals surface area contributed by atoms with E-state index in [0.29, 0.717) is 21.6 Å². The summed E-state index contributed by atoms with van der Waals surface area (Å²) in [7, 11) is 0. The van der Waals surface area contributed by atoms with Crippen LogP contribution in [-0.2, 0) is 6.54 Å². The minimum absolute atomic E-state index is 0.217. The molecule has 1 heterocycles. The second-order valence-corrected chi connectivity index (χ2v) is 4.59. The number of nitrogens with one attached hydrogen (secondary N) is 2. The number of rotatable bonds is 3. The highest BCUT2D eigenvalue weighted by Crippen LogP contribution is 2.25. The standard InChI is InChI=1S/C11H9BrClN3O/c12-9-3-1-2-8(10(9)13)11(17)15-5-7-4-14-6-16-7/h1-4,6H,5H2,(H,14,16)(H,15,17). The maximum absolute atomic E-state index is 11.9. The Kier molecular flexibility index (Phi) is 3.81. The van der Waals surface area contributed by atoms with Gasteiger partial charge in [0.05, 0.1) is 29.2 Å². The molecule has 0 bridgehead atoms. The number of aromatic nitrogens is 2. The summed E-state index contributed by atoms with van der Waals surface area (Å²) >= 11 is 9.30. The Balaban J connectivity index is 2.07. The molecule has 1 aromatic heterocycles. The number of carbonyl (C=O) groups excluding carboxylic acids is 1. The fourth-order valence-electron chi connectivity index (χ4n) is 1.33. The van der Waals surface area contributed by atoms with Crippen LogP contribution in [0.15, 0.2) is 35.2 Å². The van der Waals surface area contributed by atoms with Crippen molar-refractivity contribution in [1.82, 2.24) is 15.3 Å². The van der Waals surface area contributed by atoms with Crippen LogP contribution in [0.2, 0.25) is 5.02 Å². The Morgan fingerprint density at radius 2 is 2.35 bits per heavy atom. The van der Waals surface area contributed by atoms with Gasteiger partial charge >= 0.3 is 0 Å². The van der Waals surface area contributed by atoms with Gasteiger partial charge in [-0.25, -0.2) is 4.98 Å². The van der Waals surface area contributed by atoms with E-state index < -0.39 is 0 Å². The lowest BCUT2D eigenvalue weighted by molar-refractivity contribution is 0.0950. The Hall–Kier alpha value is -1.33. The maximum atomic E-state index is 11.9. The fraction of sp³-hybridized carbons (Fsp3) is 0.0909. The SMILES string of the molecule is O=C(NCc1cnc[nH]1)c1cccc(Br)c1Cl. The van der Waals surface area contributed by atoms with Crippen molar-refractivity contribution in [3.8, 4) is 0 Å². The first kappa shape index (κ1) is 12.1. The fourth-order valence-corrected chi connectivity index (χ4v) is 1.91. The molecule has 1 aromatic carbocycles. The zero-order valence-electron chi connectivity index (χ0n) is 8.71. The predicted molar refractivity (Wildman–Crippen MR) is 68.9 cm³/mol. The van der Waals surface area contributed by atoms with Gasteiger partial charge in [0, 0.05) is 10.7 Å². The number of hydrogen-bond acceptors (Lipinski definition) is 2. The number of imidazole rings is 1. The molecule has 2 N–H and O–H groups in total. The number of halogens is 2.